The number of rotatable bonds is 3. The lowest BCUT2D eigenvalue weighted by Gasteiger charge is -2.09. The molecule has 14 heavy (non-hydrogen) atoms. The molecule has 0 saturated carbocycles. The van der Waals surface area contributed by atoms with Crippen LogP contribution in [0.25, 0.3) is 0 Å². The van der Waals surface area contributed by atoms with Gasteiger partial charge in [-0.2, -0.15) is 0 Å². The van der Waals surface area contributed by atoms with Crippen molar-refractivity contribution in [3.05, 3.63) is 23.5 Å². The van der Waals surface area contributed by atoms with Gasteiger partial charge in [0.25, 0.3) is 6.43 Å². The van der Waals surface area contributed by atoms with Crippen molar-refractivity contribution in [2.75, 3.05) is 7.11 Å². The first-order chi connectivity index (χ1) is 6.57. The summed E-state index contributed by atoms with van der Waals surface area (Å²) in [5.41, 5.74) is -1.19. The Kier molecular flexibility index (Phi) is 2.95. The van der Waals surface area contributed by atoms with Crippen LogP contribution in [0.2, 0.25) is 0 Å². The number of hydrogen-bond acceptors (Lipinski definition) is 3. The minimum absolute atomic E-state index is 0.222. The smallest absolute Gasteiger partial charge is 0.337 e. The van der Waals surface area contributed by atoms with Gasteiger partial charge in [0.15, 0.2) is 0 Å². The summed E-state index contributed by atoms with van der Waals surface area (Å²) in [6, 6.07) is 0. The van der Waals surface area contributed by atoms with E-state index in [2.05, 4.69) is 9.72 Å². The van der Waals surface area contributed by atoms with Crippen LogP contribution in [0.3, 0.4) is 0 Å². The Labute approximate surface area is 78.1 Å². The zero-order chi connectivity index (χ0) is 10.7. The molecule has 0 aliphatic heterocycles. The molecule has 0 saturated heterocycles. The van der Waals surface area contributed by atoms with Crippen LogP contribution in [-0.4, -0.2) is 23.2 Å². The molecule has 4 nitrogen and oxygen atoms in total. The molecular weight excluding hydrogens is 196 g/mol. The molecule has 0 aliphatic rings. The van der Waals surface area contributed by atoms with E-state index in [1.54, 1.807) is 0 Å². The maximum absolute atomic E-state index is 12.5. The maximum atomic E-state index is 12.5. The molecule has 0 atom stereocenters. The highest BCUT2D eigenvalue weighted by Crippen LogP contribution is 2.30. The highest BCUT2D eigenvalue weighted by atomic mass is 19.3. The molecule has 0 unspecified atom stereocenters. The normalized spacial score (nSPS) is 10.3. The van der Waals surface area contributed by atoms with Crippen LogP contribution in [0, 0.1) is 0 Å². The van der Waals surface area contributed by atoms with Gasteiger partial charge in [0.1, 0.15) is 5.75 Å². The van der Waals surface area contributed by atoms with E-state index >= 15 is 0 Å². The van der Waals surface area contributed by atoms with Crippen LogP contribution < -0.4 is 4.74 Å². The summed E-state index contributed by atoms with van der Waals surface area (Å²) >= 11 is 0. The maximum Gasteiger partial charge on any atom is 0.337 e. The van der Waals surface area contributed by atoms with Crippen molar-refractivity contribution in [2.45, 2.75) is 6.43 Å². The topological polar surface area (TPSA) is 59.4 Å². The van der Waals surface area contributed by atoms with Crippen LogP contribution in [0.1, 0.15) is 22.3 Å². The van der Waals surface area contributed by atoms with Crippen LogP contribution in [0.15, 0.2) is 12.4 Å². The summed E-state index contributed by atoms with van der Waals surface area (Å²) in [7, 11) is 1.18. The molecule has 1 rings (SSSR count). The molecular formula is C8H7F2NO3. The molecule has 6 heteroatoms. The molecule has 0 radical (unpaired) electrons. The summed E-state index contributed by atoms with van der Waals surface area (Å²) in [4.78, 5) is 14.0. The zero-order valence-electron chi connectivity index (χ0n) is 7.20. The van der Waals surface area contributed by atoms with Crippen LogP contribution >= 0.6 is 0 Å². The molecule has 0 fully saturated rings. The number of ether oxygens (including phenoxy) is 1. The van der Waals surface area contributed by atoms with Gasteiger partial charge in [-0.3, -0.25) is 4.98 Å². The summed E-state index contributed by atoms with van der Waals surface area (Å²) in [6.07, 6.45) is -0.987. The lowest BCUT2D eigenvalue weighted by molar-refractivity contribution is 0.0682. The van der Waals surface area contributed by atoms with Gasteiger partial charge >= 0.3 is 5.97 Å². The van der Waals surface area contributed by atoms with Crippen molar-refractivity contribution in [1.29, 1.82) is 0 Å². The Balaban J connectivity index is 3.35. The van der Waals surface area contributed by atoms with Crippen molar-refractivity contribution in [1.82, 2.24) is 4.98 Å². The fourth-order valence-corrected chi connectivity index (χ4v) is 1.01. The van der Waals surface area contributed by atoms with E-state index in [1.807, 2.05) is 0 Å². The van der Waals surface area contributed by atoms with Gasteiger partial charge in [0, 0.05) is 6.20 Å². The standard InChI is InChI=1S/C8H7F2NO3/c1-14-5-3-11-2-4(8(12)13)6(5)7(9)10/h2-3,7H,1H3,(H,12,13). The van der Waals surface area contributed by atoms with Gasteiger partial charge in [0.05, 0.1) is 24.4 Å². The Bertz CT molecular complexity index is 354. The molecule has 1 N–H and O–H groups in total. The summed E-state index contributed by atoms with van der Waals surface area (Å²) < 4.78 is 29.5. The van der Waals surface area contributed by atoms with E-state index in [0.29, 0.717) is 0 Å². The number of hydrogen-bond donors (Lipinski definition) is 1. The Hall–Kier alpha value is -1.72. The van der Waals surface area contributed by atoms with E-state index in [-0.39, 0.29) is 5.75 Å². The molecule has 0 bridgehead atoms. The van der Waals surface area contributed by atoms with Crippen molar-refractivity contribution in [3.63, 3.8) is 0 Å². The molecule has 1 aromatic rings. The van der Waals surface area contributed by atoms with Crippen molar-refractivity contribution < 1.29 is 23.4 Å². The number of methoxy groups -OCH3 is 1. The predicted molar refractivity (Wildman–Crippen MR) is 42.7 cm³/mol. The van der Waals surface area contributed by atoms with Gasteiger partial charge in [-0.25, -0.2) is 13.6 Å². The van der Waals surface area contributed by atoms with Crippen molar-refractivity contribution in [3.8, 4) is 5.75 Å². The first-order valence-electron chi connectivity index (χ1n) is 3.61. The van der Waals surface area contributed by atoms with Crippen molar-refractivity contribution >= 4 is 5.97 Å². The molecule has 1 heterocycles. The first-order valence-corrected chi connectivity index (χ1v) is 3.61. The van der Waals surface area contributed by atoms with Gasteiger partial charge in [-0.1, -0.05) is 0 Å². The second kappa shape index (κ2) is 3.99. The third-order valence-corrected chi connectivity index (χ3v) is 1.62. The van der Waals surface area contributed by atoms with Gasteiger partial charge in [-0.15, -0.1) is 0 Å². The second-order valence-electron chi connectivity index (χ2n) is 2.41. The summed E-state index contributed by atoms with van der Waals surface area (Å²) in [5, 5.41) is 8.61. The third-order valence-electron chi connectivity index (χ3n) is 1.62. The number of aromatic carboxylic acids is 1. The predicted octanol–water partition coefficient (Wildman–Crippen LogP) is 1.73. The quantitative estimate of drug-likeness (QED) is 0.812. The van der Waals surface area contributed by atoms with E-state index in [9.17, 15) is 13.6 Å². The lowest BCUT2D eigenvalue weighted by atomic mass is 10.1. The minimum atomic E-state index is -2.90. The molecule has 0 amide bonds. The van der Waals surface area contributed by atoms with E-state index < -0.39 is 23.5 Å². The fraction of sp³-hybridized carbons (Fsp3) is 0.250. The average Bonchev–Trinajstić information content (AvgIpc) is 2.16. The number of carboxylic acid groups (broad SMARTS) is 1. The van der Waals surface area contributed by atoms with Gasteiger partial charge in [0.2, 0.25) is 0 Å². The molecule has 0 aliphatic carbocycles. The second-order valence-corrected chi connectivity index (χ2v) is 2.41. The monoisotopic (exact) mass is 203 g/mol. The molecule has 1 aromatic heterocycles. The number of carboxylic acids is 1. The summed E-state index contributed by atoms with van der Waals surface area (Å²) in [5.74, 6) is -1.67. The van der Waals surface area contributed by atoms with Crippen molar-refractivity contribution in [2.24, 2.45) is 0 Å². The Morgan fingerprint density at radius 3 is 2.64 bits per heavy atom. The SMILES string of the molecule is COc1cncc(C(=O)O)c1C(F)F. The van der Waals surface area contributed by atoms with Gasteiger partial charge in [-0.05, 0) is 0 Å². The van der Waals surface area contributed by atoms with E-state index in [1.165, 1.54) is 7.11 Å². The lowest BCUT2D eigenvalue weighted by Crippen LogP contribution is -2.06. The number of aromatic nitrogens is 1. The average molecular weight is 203 g/mol. The number of alkyl halides is 2. The zero-order valence-corrected chi connectivity index (χ0v) is 7.20. The van der Waals surface area contributed by atoms with Crippen LogP contribution in [0.4, 0.5) is 8.78 Å². The number of halogens is 2. The number of nitrogens with zero attached hydrogens (tertiary/aromatic N) is 1. The number of carbonyl (C=O) groups is 1. The van der Waals surface area contributed by atoms with Gasteiger partial charge < -0.3 is 9.84 Å². The fourth-order valence-electron chi connectivity index (χ4n) is 1.01. The molecule has 0 spiro atoms. The highest BCUT2D eigenvalue weighted by Gasteiger charge is 2.22. The summed E-state index contributed by atoms with van der Waals surface area (Å²) in [6.45, 7) is 0. The van der Waals surface area contributed by atoms with E-state index in [0.717, 1.165) is 12.4 Å². The highest BCUT2D eigenvalue weighted by molar-refractivity contribution is 5.89. The Morgan fingerprint density at radius 1 is 1.57 bits per heavy atom. The van der Waals surface area contributed by atoms with E-state index in [4.69, 9.17) is 5.11 Å². The molecule has 0 aromatic carbocycles. The largest absolute Gasteiger partial charge is 0.495 e. The first kappa shape index (κ1) is 10.4. The third kappa shape index (κ3) is 1.78. The number of pyridine rings is 1. The molecule has 76 valence electrons. The minimum Gasteiger partial charge on any atom is -0.495 e. The van der Waals surface area contributed by atoms with Crippen LogP contribution in [-0.2, 0) is 0 Å². The Morgan fingerprint density at radius 2 is 2.21 bits per heavy atom. The van der Waals surface area contributed by atoms with Crippen LogP contribution in [0.5, 0.6) is 5.75 Å².